The molecule has 120 valence electrons. The molecule has 0 saturated carbocycles. The molecule has 0 atom stereocenters. The van der Waals surface area contributed by atoms with Gasteiger partial charge >= 0.3 is 0 Å². The predicted molar refractivity (Wildman–Crippen MR) is 95.6 cm³/mol. The van der Waals surface area contributed by atoms with Gasteiger partial charge in [-0.25, -0.2) is 0 Å². The van der Waals surface area contributed by atoms with E-state index in [9.17, 15) is 4.79 Å². The lowest BCUT2D eigenvalue weighted by Gasteiger charge is -2.19. The maximum Gasteiger partial charge on any atom is 0.254 e. The van der Waals surface area contributed by atoms with E-state index in [-0.39, 0.29) is 5.91 Å². The standard InChI is InChI=1S/C20H23NO2/c1-4-21(5-2)20(22)19-9-7-6-8-17(19)13-10-16-11-14-18(23-3)15-12-16/h6-15H,4-5H2,1-3H3. The van der Waals surface area contributed by atoms with E-state index in [0.29, 0.717) is 13.1 Å². The number of ether oxygens (including phenoxy) is 1. The van der Waals surface area contributed by atoms with Gasteiger partial charge in [0.25, 0.3) is 5.91 Å². The Labute approximate surface area is 138 Å². The van der Waals surface area contributed by atoms with Gasteiger partial charge < -0.3 is 9.64 Å². The van der Waals surface area contributed by atoms with E-state index in [1.54, 1.807) is 7.11 Å². The first-order chi connectivity index (χ1) is 11.2. The molecule has 0 aliphatic heterocycles. The molecular formula is C20H23NO2. The smallest absolute Gasteiger partial charge is 0.254 e. The van der Waals surface area contributed by atoms with Gasteiger partial charge in [-0.3, -0.25) is 4.79 Å². The second-order valence-corrected chi connectivity index (χ2v) is 5.17. The Bertz CT molecular complexity index is 670. The molecule has 2 aromatic rings. The lowest BCUT2D eigenvalue weighted by Crippen LogP contribution is -2.30. The van der Waals surface area contributed by atoms with Crippen LogP contribution in [0.1, 0.15) is 35.3 Å². The van der Waals surface area contributed by atoms with Crippen molar-refractivity contribution in [2.24, 2.45) is 0 Å². The molecule has 3 nitrogen and oxygen atoms in total. The van der Waals surface area contributed by atoms with Crippen LogP contribution in [0.2, 0.25) is 0 Å². The summed E-state index contributed by atoms with van der Waals surface area (Å²) in [5, 5.41) is 0. The fourth-order valence-electron chi connectivity index (χ4n) is 2.42. The van der Waals surface area contributed by atoms with Gasteiger partial charge in [-0.2, -0.15) is 0 Å². The summed E-state index contributed by atoms with van der Waals surface area (Å²) < 4.78 is 5.16. The zero-order valence-electron chi connectivity index (χ0n) is 14.0. The summed E-state index contributed by atoms with van der Waals surface area (Å²) in [6.45, 7) is 5.42. The number of nitrogens with zero attached hydrogens (tertiary/aromatic N) is 1. The van der Waals surface area contributed by atoms with E-state index >= 15 is 0 Å². The van der Waals surface area contributed by atoms with E-state index in [2.05, 4.69) is 0 Å². The van der Waals surface area contributed by atoms with Crippen LogP contribution in [0.15, 0.2) is 48.5 Å². The summed E-state index contributed by atoms with van der Waals surface area (Å²) in [7, 11) is 1.65. The zero-order chi connectivity index (χ0) is 16.7. The largest absolute Gasteiger partial charge is 0.497 e. The highest BCUT2D eigenvalue weighted by Crippen LogP contribution is 2.17. The number of carbonyl (C=O) groups excluding carboxylic acids is 1. The minimum Gasteiger partial charge on any atom is -0.497 e. The second-order valence-electron chi connectivity index (χ2n) is 5.17. The van der Waals surface area contributed by atoms with Gasteiger partial charge in [-0.1, -0.05) is 42.5 Å². The topological polar surface area (TPSA) is 29.5 Å². The van der Waals surface area contributed by atoms with Crippen molar-refractivity contribution >= 4 is 18.1 Å². The summed E-state index contributed by atoms with van der Waals surface area (Å²) >= 11 is 0. The van der Waals surface area contributed by atoms with Gasteiger partial charge in [-0.05, 0) is 43.2 Å². The van der Waals surface area contributed by atoms with Crippen molar-refractivity contribution in [1.29, 1.82) is 0 Å². The molecular weight excluding hydrogens is 286 g/mol. The predicted octanol–water partition coefficient (Wildman–Crippen LogP) is 4.35. The third-order valence-electron chi connectivity index (χ3n) is 3.81. The summed E-state index contributed by atoms with van der Waals surface area (Å²) in [5.41, 5.74) is 2.73. The first-order valence-corrected chi connectivity index (χ1v) is 7.90. The highest BCUT2D eigenvalue weighted by molar-refractivity contribution is 5.98. The van der Waals surface area contributed by atoms with Gasteiger partial charge in [0.05, 0.1) is 7.11 Å². The maximum absolute atomic E-state index is 12.6. The van der Waals surface area contributed by atoms with Gasteiger partial charge in [-0.15, -0.1) is 0 Å². The third-order valence-corrected chi connectivity index (χ3v) is 3.81. The normalized spacial score (nSPS) is 10.7. The Morgan fingerprint density at radius 3 is 2.26 bits per heavy atom. The van der Waals surface area contributed by atoms with Crippen molar-refractivity contribution in [3.05, 3.63) is 65.2 Å². The van der Waals surface area contributed by atoms with Crippen molar-refractivity contribution < 1.29 is 9.53 Å². The molecule has 0 unspecified atom stereocenters. The summed E-state index contributed by atoms with van der Waals surface area (Å²) in [4.78, 5) is 14.4. The lowest BCUT2D eigenvalue weighted by molar-refractivity contribution is 0.0773. The fourth-order valence-corrected chi connectivity index (χ4v) is 2.42. The number of carbonyl (C=O) groups is 1. The van der Waals surface area contributed by atoms with Crippen LogP contribution in [0.25, 0.3) is 12.2 Å². The molecule has 0 aromatic heterocycles. The Balaban J connectivity index is 2.25. The van der Waals surface area contributed by atoms with Crippen molar-refractivity contribution in [1.82, 2.24) is 4.90 Å². The van der Waals surface area contributed by atoms with Gasteiger partial charge in [0, 0.05) is 18.7 Å². The molecule has 0 radical (unpaired) electrons. The number of methoxy groups -OCH3 is 1. The van der Waals surface area contributed by atoms with Crippen LogP contribution in [0, 0.1) is 0 Å². The SMILES string of the molecule is CCN(CC)C(=O)c1ccccc1C=Cc1ccc(OC)cc1. The third kappa shape index (κ3) is 4.22. The Morgan fingerprint density at radius 1 is 1.00 bits per heavy atom. The fraction of sp³-hybridized carbons (Fsp3) is 0.250. The molecule has 3 heteroatoms. The Morgan fingerprint density at radius 2 is 1.65 bits per heavy atom. The van der Waals surface area contributed by atoms with Crippen LogP contribution in [-0.4, -0.2) is 31.0 Å². The molecule has 0 N–H and O–H groups in total. The molecule has 0 fully saturated rings. The minimum absolute atomic E-state index is 0.0741. The molecule has 2 rings (SSSR count). The van der Waals surface area contributed by atoms with Gasteiger partial charge in [0.15, 0.2) is 0 Å². The number of amides is 1. The molecule has 0 spiro atoms. The van der Waals surface area contributed by atoms with Crippen LogP contribution in [0.5, 0.6) is 5.75 Å². The molecule has 1 amide bonds. The summed E-state index contributed by atoms with van der Waals surface area (Å²) in [6, 6.07) is 15.5. The highest BCUT2D eigenvalue weighted by Gasteiger charge is 2.14. The number of hydrogen-bond donors (Lipinski definition) is 0. The van der Waals surface area contributed by atoms with Crippen molar-refractivity contribution in [2.45, 2.75) is 13.8 Å². The van der Waals surface area contributed by atoms with Gasteiger partial charge in [0.2, 0.25) is 0 Å². The molecule has 0 aliphatic carbocycles. The molecule has 0 aliphatic rings. The van der Waals surface area contributed by atoms with E-state index in [1.165, 1.54) is 0 Å². The maximum atomic E-state index is 12.6. The van der Waals surface area contributed by atoms with Crippen LogP contribution in [0.4, 0.5) is 0 Å². The number of hydrogen-bond acceptors (Lipinski definition) is 2. The van der Waals surface area contributed by atoms with E-state index < -0.39 is 0 Å². The lowest BCUT2D eigenvalue weighted by atomic mass is 10.0. The van der Waals surface area contributed by atoms with Gasteiger partial charge in [0.1, 0.15) is 5.75 Å². The Hall–Kier alpha value is -2.55. The number of benzene rings is 2. The van der Waals surface area contributed by atoms with E-state index in [4.69, 9.17) is 4.74 Å². The molecule has 0 heterocycles. The molecule has 0 bridgehead atoms. The first-order valence-electron chi connectivity index (χ1n) is 7.90. The zero-order valence-corrected chi connectivity index (χ0v) is 14.0. The van der Waals surface area contributed by atoms with E-state index in [1.807, 2.05) is 79.4 Å². The quantitative estimate of drug-likeness (QED) is 0.743. The van der Waals surface area contributed by atoms with E-state index in [0.717, 1.165) is 22.4 Å². The molecule has 2 aromatic carbocycles. The average Bonchev–Trinajstić information content (AvgIpc) is 2.61. The summed E-state index contributed by atoms with van der Waals surface area (Å²) in [6.07, 6.45) is 3.99. The summed E-state index contributed by atoms with van der Waals surface area (Å²) in [5.74, 6) is 0.907. The van der Waals surface area contributed by atoms with Crippen LogP contribution >= 0.6 is 0 Å². The van der Waals surface area contributed by atoms with Crippen molar-refractivity contribution in [2.75, 3.05) is 20.2 Å². The molecule has 0 saturated heterocycles. The number of rotatable bonds is 6. The second kappa shape index (κ2) is 8.18. The Kier molecular flexibility index (Phi) is 5.98. The van der Waals surface area contributed by atoms with Crippen LogP contribution in [0.3, 0.4) is 0 Å². The molecule has 23 heavy (non-hydrogen) atoms. The highest BCUT2D eigenvalue weighted by atomic mass is 16.5. The average molecular weight is 309 g/mol. The minimum atomic E-state index is 0.0741. The van der Waals surface area contributed by atoms with Crippen LogP contribution < -0.4 is 4.74 Å². The van der Waals surface area contributed by atoms with Crippen LogP contribution in [-0.2, 0) is 0 Å². The monoisotopic (exact) mass is 309 g/mol. The van der Waals surface area contributed by atoms with Crippen molar-refractivity contribution in [3.8, 4) is 5.75 Å². The van der Waals surface area contributed by atoms with Crippen molar-refractivity contribution in [3.63, 3.8) is 0 Å². The first kappa shape index (κ1) is 16.8.